The fraction of sp³-hybridized carbons (Fsp3) is 0.391. The zero-order valence-electron chi connectivity index (χ0n) is 17.8. The van der Waals surface area contributed by atoms with Crippen LogP contribution in [0, 0.1) is 5.82 Å². The molecule has 10 heteroatoms. The topological polar surface area (TPSA) is 61.9 Å². The summed E-state index contributed by atoms with van der Waals surface area (Å²) in [4.78, 5) is 30.5. The van der Waals surface area contributed by atoms with Gasteiger partial charge in [-0.05, 0) is 35.9 Å². The van der Waals surface area contributed by atoms with Crippen LogP contribution in [-0.2, 0) is 9.53 Å². The zero-order chi connectivity index (χ0) is 23.4. The number of nitrogens with zero attached hydrogens (tertiary/aromatic N) is 2. The molecule has 0 aromatic heterocycles. The van der Waals surface area contributed by atoms with E-state index in [1.165, 1.54) is 34.9 Å². The number of benzene rings is 2. The van der Waals surface area contributed by atoms with E-state index in [4.69, 9.17) is 27.9 Å². The Balaban J connectivity index is 1.53. The van der Waals surface area contributed by atoms with Crippen molar-refractivity contribution < 1.29 is 18.7 Å². The minimum atomic E-state index is -0.686. The molecule has 2 amide bonds. The van der Waals surface area contributed by atoms with Gasteiger partial charge < -0.3 is 15.0 Å². The number of hydrogen-bond acceptors (Lipinski definition) is 5. The van der Waals surface area contributed by atoms with Gasteiger partial charge in [-0.1, -0.05) is 35.3 Å². The number of morpholine rings is 1. The van der Waals surface area contributed by atoms with Crippen molar-refractivity contribution in [1.82, 2.24) is 15.1 Å². The molecule has 2 aliphatic rings. The zero-order valence-corrected chi connectivity index (χ0v) is 20.1. The summed E-state index contributed by atoms with van der Waals surface area (Å²) in [6.45, 7) is 4.24. The number of amides is 2. The van der Waals surface area contributed by atoms with Gasteiger partial charge in [-0.2, -0.15) is 0 Å². The molecule has 0 radical (unpaired) electrons. The second-order valence-corrected chi connectivity index (χ2v) is 9.79. The fourth-order valence-electron chi connectivity index (χ4n) is 3.92. The third-order valence-corrected chi connectivity index (χ3v) is 7.56. The van der Waals surface area contributed by atoms with Crippen LogP contribution in [0.1, 0.15) is 21.3 Å². The number of halogens is 3. The van der Waals surface area contributed by atoms with Gasteiger partial charge in [-0.25, -0.2) is 4.39 Å². The monoisotopic (exact) mass is 511 g/mol. The maximum Gasteiger partial charge on any atom is 0.257 e. The van der Waals surface area contributed by atoms with E-state index in [1.54, 1.807) is 24.3 Å². The Labute approximate surface area is 206 Å². The van der Waals surface area contributed by atoms with E-state index in [0.29, 0.717) is 37.1 Å². The SMILES string of the molecule is O=C(NCCN1CCOCC1)C1CSC(c2ccc(F)cc2)N1C(=O)c1ccc(Cl)cc1Cl. The van der Waals surface area contributed by atoms with Gasteiger partial charge in [0.1, 0.15) is 17.2 Å². The van der Waals surface area contributed by atoms with Gasteiger partial charge in [0, 0.05) is 37.0 Å². The minimum Gasteiger partial charge on any atom is -0.379 e. The van der Waals surface area contributed by atoms with E-state index in [2.05, 4.69) is 10.2 Å². The van der Waals surface area contributed by atoms with Gasteiger partial charge in [-0.3, -0.25) is 14.5 Å². The highest BCUT2D eigenvalue weighted by Crippen LogP contribution is 2.43. The molecule has 2 fully saturated rings. The molecule has 0 bridgehead atoms. The molecular formula is C23H24Cl2FN3O3S. The summed E-state index contributed by atoms with van der Waals surface area (Å²) in [5.41, 5.74) is 1.00. The maximum atomic E-state index is 13.6. The number of carbonyl (C=O) groups is 2. The first-order valence-corrected chi connectivity index (χ1v) is 12.5. The van der Waals surface area contributed by atoms with E-state index in [-0.39, 0.29) is 28.2 Å². The van der Waals surface area contributed by atoms with Crippen LogP contribution in [0.25, 0.3) is 0 Å². The number of nitrogens with one attached hydrogen (secondary N) is 1. The van der Waals surface area contributed by atoms with Gasteiger partial charge in [-0.15, -0.1) is 11.8 Å². The number of ether oxygens (including phenoxy) is 1. The van der Waals surface area contributed by atoms with Crippen LogP contribution in [0.5, 0.6) is 0 Å². The van der Waals surface area contributed by atoms with E-state index in [0.717, 1.165) is 18.7 Å². The molecule has 2 unspecified atom stereocenters. The first-order valence-electron chi connectivity index (χ1n) is 10.7. The molecule has 2 aliphatic heterocycles. The average Bonchev–Trinajstić information content (AvgIpc) is 3.25. The van der Waals surface area contributed by atoms with Crippen molar-refractivity contribution >= 4 is 46.8 Å². The summed E-state index contributed by atoms with van der Waals surface area (Å²) in [5, 5.41) is 3.16. The fourth-order valence-corrected chi connectivity index (χ4v) is 5.84. The molecule has 0 spiro atoms. The molecule has 2 aromatic carbocycles. The Bertz CT molecular complexity index is 1000. The lowest BCUT2D eigenvalue weighted by molar-refractivity contribution is -0.124. The average molecular weight is 512 g/mol. The quantitative estimate of drug-likeness (QED) is 0.638. The second kappa shape index (κ2) is 11.1. The molecule has 0 saturated carbocycles. The van der Waals surface area contributed by atoms with Gasteiger partial charge in [0.25, 0.3) is 5.91 Å². The Morgan fingerprint density at radius 1 is 1.12 bits per heavy atom. The van der Waals surface area contributed by atoms with Crippen LogP contribution >= 0.6 is 35.0 Å². The molecule has 6 nitrogen and oxygen atoms in total. The lowest BCUT2D eigenvalue weighted by Gasteiger charge is -2.30. The summed E-state index contributed by atoms with van der Waals surface area (Å²) >= 11 is 13.8. The predicted molar refractivity (Wildman–Crippen MR) is 128 cm³/mol. The molecule has 2 saturated heterocycles. The first kappa shape index (κ1) is 24.3. The summed E-state index contributed by atoms with van der Waals surface area (Å²) in [6.07, 6.45) is 0. The van der Waals surface area contributed by atoms with Gasteiger partial charge in [0.05, 0.1) is 23.8 Å². The molecule has 0 aliphatic carbocycles. The molecule has 2 atom stereocenters. The Morgan fingerprint density at radius 2 is 1.85 bits per heavy atom. The molecule has 33 heavy (non-hydrogen) atoms. The van der Waals surface area contributed by atoms with E-state index < -0.39 is 11.4 Å². The Morgan fingerprint density at radius 3 is 2.55 bits per heavy atom. The maximum absolute atomic E-state index is 13.6. The summed E-state index contributed by atoms with van der Waals surface area (Å²) in [5.74, 6) is -0.538. The van der Waals surface area contributed by atoms with Crippen molar-refractivity contribution in [3.63, 3.8) is 0 Å². The highest BCUT2D eigenvalue weighted by molar-refractivity contribution is 7.99. The molecule has 4 rings (SSSR count). The standard InChI is InChI=1S/C23H24Cl2FN3O3S/c24-16-3-6-18(19(25)13-16)22(31)29-20(14-33-23(29)15-1-4-17(26)5-2-15)21(30)27-7-8-28-9-11-32-12-10-28/h1-6,13,20,23H,7-12,14H2,(H,27,30). The lowest BCUT2D eigenvalue weighted by Crippen LogP contribution is -2.49. The molecule has 2 aromatic rings. The number of thioether (sulfide) groups is 1. The van der Waals surface area contributed by atoms with Crippen molar-refractivity contribution in [1.29, 1.82) is 0 Å². The minimum absolute atomic E-state index is 0.216. The molecular weight excluding hydrogens is 488 g/mol. The lowest BCUT2D eigenvalue weighted by atomic mass is 10.1. The highest BCUT2D eigenvalue weighted by Gasteiger charge is 2.43. The second-order valence-electron chi connectivity index (χ2n) is 7.83. The summed E-state index contributed by atoms with van der Waals surface area (Å²) in [6, 6.07) is 9.94. The predicted octanol–water partition coefficient (Wildman–Crippen LogP) is 3.84. The van der Waals surface area contributed by atoms with E-state index in [1.807, 2.05) is 0 Å². The van der Waals surface area contributed by atoms with Crippen molar-refractivity contribution in [3.8, 4) is 0 Å². The van der Waals surface area contributed by atoms with E-state index in [9.17, 15) is 14.0 Å². The number of rotatable bonds is 6. The van der Waals surface area contributed by atoms with Crippen LogP contribution in [0.3, 0.4) is 0 Å². The highest BCUT2D eigenvalue weighted by atomic mass is 35.5. The molecule has 1 N–H and O–H groups in total. The van der Waals surface area contributed by atoms with Crippen LogP contribution in [0.15, 0.2) is 42.5 Å². The van der Waals surface area contributed by atoms with Crippen LogP contribution in [0.4, 0.5) is 4.39 Å². The van der Waals surface area contributed by atoms with Crippen molar-refractivity contribution in [2.24, 2.45) is 0 Å². The van der Waals surface area contributed by atoms with Crippen molar-refractivity contribution in [2.45, 2.75) is 11.4 Å². The summed E-state index contributed by atoms with van der Waals surface area (Å²) in [7, 11) is 0. The van der Waals surface area contributed by atoms with Gasteiger partial charge >= 0.3 is 0 Å². The molecule has 2 heterocycles. The third-order valence-electron chi connectivity index (χ3n) is 5.69. The van der Waals surface area contributed by atoms with E-state index >= 15 is 0 Å². The van der Waals surface area contributed by atoms with Crippen molar-refractivity contribution in [3.05, 3.63) is 69.5 Å². The number of hydrogen-bond donors (Lipinski definition) is 1. The Kier molecular flexibility index (Phi) is 8.14. The normalized spacial score (nSPS) is 21.2. The summed E-state index contributed by atoms with van der Waals surface area (Å²) < 4.78 is 18.8. The van der Waals surface area contributed by atoms with Crippen LogP contribution in [0.2, 0.25) is 10.0 Å². The molecule has 176 valence electrons. The third kappa shape index (κ3) is 5.81. The smallest absolute Gasteiger partial charge is 0.257 e. The number of carbonyl (C=O) groups excluding carboxylic acids is 2. The van der Waals surface area contributed by atoms with Crippen LogP contribution < -0.4 is 5.32 Å². The largest absolute Gasteiger partial charge is 0.379 e. The Hall–Kier alpha value is -1.84. The van der Waals surface area contributed by atoms with Gasteiger partial charge in [0.2, 0.25) is 5.91 Å². The van der Waals surface area contributed by atoms with Crippen molar-refractivity contribution in [2.75, 3.05) is 45.1 Å². The van der Waals surface area contributed by atoms with Gasteiger partial charge in [0.15, 0.2) is 0 Å². The van der Waals surface area contributed by atoms with Crippen LogP contribution in [-0.4, -0.2) is 72.8 Å². The first-order chi connectivity index (χ1) is 15.9.